The van der Waals surface area contributed by atoms with Gasteiger partial charge >= 0.3 is 0 Å². The summed E-state index contributed by atoms with van der Waals surface area (Å²) in [6, 6.07) is 7.51. The molecule has 0 unspecified atom stereocenters. The number of para-hydroxylation sites is 1. The zero-order chi connectivity index (χ0) is 9.84. The van der Waals surface area contributed by atoms with Crippen LogP contribution in [-0.2, 0) is 0 Å². The van der Waals surface area contributed by atoms with Crippen LogP contribution >= 0.6 is 0 Å². The van der Waals surface area contributed by atoms with Crippen LogP contribution in [0.15, 0.2) is 41.7 Å². The third-order valence-electron chi connectivity index (χ3n) is 1.66. The molecule has 0 aliphatic carbocycles. The van der Waals surface area contributed by atoms with E-state index in [0.29, 0.717) is 11.5 Å². The molecule has 0 radical (unpaired) electrons. The van der Waals surface area contributed by atoms with E-state index in [2.05, 4.69) is 11.6 Å². The van der Waals surface area contributed by atoms with Crippen molar-refractivity contribution in [2.24, 2.45) is 10.7 Å². The predicted molar refractivity (Wildman–Crippen MR) is 56.4 cm³/mol. The van der Waals surface area contributed by atoms with Gasteiger partial charge in [0, 0.05) is 17.0 Å². The Morgan fingerprint density at radius 2 is 2.00 bits per heavy atom. The van der Waals surface area contributed by atoms with Crippen molar-refractivity contribution in [1.82, 2.24) is 0 Å². The number of hydrogen-bond donors (Lipinski definition) is 2. The van der Waals surface area contributed by atoms with Crippen LogP contribution in [0.2, 0.25) is 0 Å². The van der Waals surface area contributed by atoms with E-state index in [9.17, 15) is 0 Å². The molecule has 1 aromatic carbocycles. The molecule has 0 atom stereocenters. The van der Waals surface area contributed by atoms with E-state index in [0.717, 1.165) is 11.3 Å². The fourth-order valence-corrected chi connectivity index (χ4v) is 1.10. The summed E-state index contributed by atoms with van der Waals surface area (Å²) in [4.78, 5) is 4.03. The van der Waals surface area contributed by atoms with Gasteiger partial charge in [-0.05, 0) is 13.0 Å². The molecule has 3 nitrogen and oxygen atoms in total. The van der Waals surface area contributed by atoms with Gasteiger partial charge in [-0.1, -0.05) is 24.8 Å². The Morgan fingerprint density at radius 1 is 1.38 bits per heavy atom. The predicted octanol–water partition coefficient (Wildman–Crippen LogP) is 1.51. The first kappa shape index (κ1) is 9.32. The number of nitrogen functional groups attached to an aromatic ring is 1. The van der Waals surface area contributed by atoms with Crippen molar-refractivity contribution >= 4 is 11.4 Å². The molecule has 0 saturated heterocycles. The summed E-state index contributed by atoms with van der Waals surface area (Å²) in [5, 5.41) is 0. The first-order valence-corrected chi connectivity index (χ1v) is 3.96. The maximum Gasteiger partial charge on any atom is 0.116 e. The molecule has 0 aliphatic heterocycles. The lowest BCUT2D eigenvalue weighted by atomic mass is 10.1. The maximum atomic E-state index is 5.75. The van der Waals surface area contributed by atoms with E-state index >= 15 is 0 Å². The van der Waals surface area contributed by atoms with Gasteiger partial charge in [0.2, 0.25) is 0 Å². The second kappa shape index (κ2) is 3.76. The van der Waals surface area contributed by atoms with E-state index in [1.807, 2.05) is 31.2 Å². The van der Waals surface area contributed by atoms with Crippen LogP contribution in [0.5, 0.6) is 0 Å². The van der Waals surface area contributed by atoms with Gasteiger partial charge < -0.3 is 11.5 Å². The van der Waals surface area contributed by atoms with Crippen molar-refractivity contribution in [3.05, 3.63) is 42.2 Å². The highest BCUT2D eigenvalue weighted by atomic mass is 14.9. The molecular weight excluding hydrogens is 162 g/mol. The largest absolute Gasteiger partial charge is 0.398 e. The molecule has 68 valence electrons. The van der Waals surface area contributed by atoms with Gasteiger partial charge in [-0.3, -0.25) is 0 Å². The lowest BCUT2D eigenvalue weighted by molar-refractivity contribution is 1.25. The summed E-state index contributed by atoms with van der Waals surface area (Å²) in [6.45, 7) is 5.35. The fraction of sp³-hybridized carbons (Fsp3) is 0.100. The second-order valence-electron chi connectivity index (χ2n) is 2.78. The molecule has 0 fully saturated rings. The van der Waals surface area contributed by atoms with Gasteiger partial charge in [0.1, 0.15) is 5.82 Å². The lowest BCUT2D eigenvalue weighted by Gasteiger charge is -2.03. The average Bonchev–Trinajstić information content (AvgIpc) is 2.03. The molecule has 1 aromatic rings. The monoisotopic (exact) mass is 175 g/mol. The zero-order valence-corrected chi connectivity index (χ0v) is 7.62. The van der Waals surface area contributed by atoms with Crippen LogP contribution in [-0.4, -0.2) is 5.71 Å². The number of anilines is 1. The number of benzene rings is 1. The molecule has 4 N–H and O–H groups in total. The van der Waals surface area contributed by atoms with Crippen molar-refractivity contribution < 1.29 is 0 Å². The van der Waals surface area contributed by atoms with E-state index < -0.39 is 0 Å². The minimum atomic E-state index is 0.292. The second-order valence-corrected chi connectivity index (χ2v) is 2.78. The molecule has 1 rings (SSSR count). The van der Waals surface area contributed by atoms with Crippen molar-refractivity contribution in [3.8, 4) is 0 Å². The van der Waals surface area contributed by atoms with Gasteiger partial charge in [0.15, 0.2) is 0 Å². The number of nitrogens with zero attached hydrogens (tertiary/aromatic N) is 1. The standard InChI is InChI=1S/C10H13N3/c1-7(13-8(2)11)9-5-3-4-6-10(9)12/h3-6H,2,11-12H2,1H3/b13-7-. The van der Waals surface area contributed by atoms with Crippen LogP contribution in [0.1, 0.15) is 12.5 Å². The lowest BCUT2D eigenvalue weighted by Crippen LogP contribution is -2.03. The Labute approximate surface area is 77.8 Å². The highest BCUT2D eigenvalue weighted by Gasteiger charge is 2.00. The summed E-state index contributed by atoms with van der Waals surface area (Å²) < 4.78 is 0. The Kier molecular flexibility index (Phi) is 2.69. The minimum absolute atomic E-state index is 0.292. The summed E-state index contributed by atoms with van der Waals surface area (Å²) in [5.74, 6) is 0.292. The maximum absolute atomic E-state index is 5.75. The molecule has 0 amide bonds. The summed E-state index contributed by atoms with van der Waals surface area (Å²) in [7, 11) is 0. The van der Waals surface area contributed by atoms with Crippen LogP contribution in [0, 0.1) is 0 Å². The molecule has 0 saturated carbocycles. The van der Waals surface area contributed by atoms with Crippen molar-refractivity contribution in [2.75, 3.05) is 5.73 Å². The number of hydrogen-bond acceptors (Lipinski definition) is 3. The third-order valence-corrected chi connectivity index (χ3v) is 1.66. The third kappa shape index (κ3) is 2.33. The fourth-order valence-electron chi connectivity index (χ4n) is 1.10. The van der Waals surface area contributed by atoms with Gasteiger partial charge in [0.25, 0.3) is 0 Å². The van der Waals surface area contributed by atoms with Crippen LogP contribution in [0.25, 0.3) is 0 Å². The summed E-state index contributed by atoms with van der Waals surface area (Å²) in [6.07, 6.45) is 0. The highest BCUT2D eigenvalue weighted by Crippen LogP contribution is 2.11. The van der Waals surface area contributed by atoms with Crippen molar-refractivity contribution in [3.63, 3.8) is 0 Å². The molecule has 0 spiro atoms. The molecule has 0 bridgehead atoms. The SMILES string of the molecule is C=C(N)/N=C(/C)c1ccccc1N. The van der Waals surface area contributed by atoms with Gasteiger partial charge in [-0.25, -0.2) is 4.99 Å². The van der Waals surface area contributed by atoms with Crippen LogP contribution in [0.3, 0.4) is 0 Å². The highest BCUT2D eigenvalue weighted by molar-refractivity contribution is 6.03. The minimum Gasteiger partial charge on any atom is -0.398 e. The number of aliphatic imine (C=N–C) groups is 1. The first-order valence-electron chi connectivity index (χ1n) is 3.96. The number of nitrogens with two attached hydrogens (primary N) is 2. The molecule has 3 heteroatoms. The Balaban J connectivity index is 3.08. The Morgan fingerprint density at radius 3 is 2.54 bits per heavy atom. The molecular formula is C10H13N3. The van der Waals surface area contributed by atoms with Crippen LogP contribution < -0.4 is 11.5 Å². The average molecular weight is 175 g/mol. The summed E-state index contributed by atoms with van der Waals surface area (Å²) in [5.41, 5.74) is 13.5. The Hall–Kier alpha value is -1.77. The molecule has 0 aromatic heterocycles. The molecule has 13 heavy (non-hydrogen) atoms. The van der Waals surface area contributed by atoms with Gasteiger partial charge in [0.05, 0.1) is 0 Å². The zero-order valence-electron chi connectivity index (χ0n) is 7.62. The molecule has 0 aliphatic rings. The van der Waals surface area contributed by atoms with Crippen molar-refractivity contribution in [1.29, 1.82) is 0 Å². The quantitative estimate of drug-likeness (QED) is 0.528. The first-order chi connectivity index (χ1) is 6.11. The van der Waals surface area contributed by atoms with E-state index in [-0.39, 0.29) is 0 Å². The normalized spacial score (nSPS) is 11.3. The smallest absolute Gasteiger partial charge is 0.116 e. The van der Waals surface area contributed by atoms with E-state index in [1.165, 1.54) is 0 Å². The molecule has 0 heterocycles. The van der Waals surface area contributed by atoms with Crippen molar-refractivity contribution in [2.45, 2.75) is 6.92 Å². The van der Waals surface area contributed by atoms with Gasteiger partial charge in [-0.2, -0.15) is 0 Å². The number of rotatable bonds is 2. The Bertz CT molecular complexity index is 353. The summed E-state index contributed by atoms with van der Waals surface area (Å²) >= 11 is 0. The topological polar surface area (TPSA) is 64.4 Å². The van der Waals surface area contributed by atoms with Gasteiger partial charge in [-0.15, -0.1) is 0 Å². The van der Waals surface area contributed by atoms with Crippen LogP contribution in [0.4, 0.5) is 5.69 Å². The van der Waals surface area contributed by atoms with E-state index in [1.54, 1.807) is 0 Å². The van der Waals surface area contributed by atoms with E-state index in [4.69, 9.17) is 11.5 Å².